The van der Waals surface area contributed by atoms with Gasteiger partial charge in [-0.1, -0.05) is 12.1 Å². The minimum Gasteiger partial charge on any atom is -0.497 e. The van der Waals surface area contributed by atoms with Crippen molar-refractivity contribution in [2.75, 3.05) is 21.3 Å². The fourth-order valence-corrected chi connectivity index (χ4v) is 3.72. The Morgan fingerprint density at radius 3 is 2.32 bits per heavy atom. The molecular formula is C26H25NO4. The van der Waals surface area contributed by atoms with Gasteiger partial charge < -0.3 is 18.6 Å². The molecule has 31 heavy (non-hydrogen) atoms. The largest absolute Gasteiger partial charge is 0.497 e. The van der Waals surface area contributed by atoms with Gasteiger partial charge in [-0.2, -0.15) is 0 Å². The van der Waals surface area contributed by atoms with E-state index in [1.807, 2.05) is 54.6 Å². The Morgan fingerprint density at radius 2 is 1.58 bits per heavy atom. The van der Waals surface area contributed by atoms with E-state index < -0.39 is 0 Å². The van der Waals surface area contributed by atoms with Gasteiger partial charge in [-0.05, 0) is 61.4 Å². The van der Waals surface area contributed by atoms with Crippen LogP contribution in [0.3, 0.4) is 0 Å². The summed E-state index contributed by atoms with van der Waals surface area (Å²) in [4.78, 5) is 4.93. The minimum absolute atomic E-state index is 0.641. The molecule has 5 nitrogen and oxygen atoms in total. The maximum Gasteiger partial charge on any atom is 0.161 e. The highest BCUT2D eigenvalue weighted by Gasteiger charge is 2.12. The van der Waals surface area contributed by atoms with Gasteiger partial charge in [0.2, 0.25) is 0 Å². The molecule has 0 aliphatic carbocycles. The molecule has 1 heterocycles. The second-order valence-electron chi connectivity index (χ2n) is 7.33. The first kappa shape index (κ1) is 20.5. The first-order valence-corrected chi connectivity index (χ1v) is 9.98. The number of ether oxygens (including phenoxy) is 3. The molecule has 158 valence electrons. The molecule has 0 atom stereocenters. The second kappa shape index (κ2) is 8.56. The van der Waals surface area contributed by atoms with E-state index >= 15 is 0 Å². The molecule has 4 aromatic rings. The van der Waals surface area contributed by atoms with Crippen LogP contribution in [0.15, 0.2) is 70.1 Å². The number of hydrogen-bond acceptors (Lipinski definition) is 5. The van der Waals surface area contributed by atoms with Crippen molar-refractivity contribution in [2.45, 2.75) is 13.8 Å². The Labute approximate surface area is 181 Å². The molecule has 4 rings (SSSR count). The van der Waals surface area contributed by atoms with Gasteiger partial charge in [-0.15, -0.1) is 0 Å². The second-order valence-corrected chi connectivity index (χ2v) is 7.33. The zero-order valence-electron chi connectivity index (χ0n) is 18.4. The third-order valence-electron chi connectivity index (χ3n) is 5.16. The predicted octanol–water partition coefficient (Wildman–Crippen LogP) is 5.97. The van der Waals surface area contributed by atoms with Crippen molar-refractivity contribution < 1.29 is 18.6 Å². The molecule has 0 radical (unpaired) electrons. The number of nitrogens with zero attached hydrogens (tertiary/aromatic N) is 1. The third kappa shape index (κ3) is 4.12. The molecule has 0 aliphatic heterocycles. The highest BCUT2D eigenvalue weighted by molar-refractivity contribution is 5.83. The summed E-state index contributed by atoms with van der Waals surface area (Å²) in [6.45, 7) is 4.13. The lowest BCUT2D eigenvalue weighted by Crippen LogP contribution is -2.05. The van der Waals surface area contributed by atoms with Crippen molar-refractivity contribution in [3.8, 4) is 28.6 Å². The van der Waals surface area contributed by atoms with Crippen molar-refractivity contribution in [1.29, 1.82) is 0 Å². The predicted molar refractivity (Wildman–Crippen MR) is 122 cm³/mol. The van der Waals surface area contributed by atoms with E-state index in [9.17, 15) is 0 Å². The first-order chi connectivity index (χ1) is 15.0. The molecule has 0 N–H and O–H groups in total. The summed E-state index contributed by atoms with van der Waals surface area (Å²) in [6.07, 6.45) is 0. The van der Waals surface area contributed by atoms with Crippen molar-refractivity contribution in [2.24, 2.45) is 4.99 Å². The number of benzene rings is 3. The smallest absolute Gasteiger partial charge is 0.161 e. The van der Waals surface area contributed by atoms with Crippen molar-refractivity contribution in [3.05, 3.63) is 77.1 Å². The maximum absolute atomic E-state index is 6.32. The first-order valence-electron chi connectivity index (χ1n) is 9.98. The molecule has 0 spiro atoms. The van der Waals surface area contributed by atoms with Crippen molar-refractivity contribution in [3.63, 3.8) is 0 Å². The summed E-state index contributed by atoms with van der Waals surface area (Å²) in [5.74, 6) is 2.76. The molecule has 5 heteroatoms. The van der Waals surface area contributed by atoms with E-state index in [-0.39, 0.29) is 0 Å². The molecule has 0 saturated carbocycles. The molecule has 0 fully saturated rings. The van der Waals surface area contributed by atoms with Crippen molar-refractivity contribution in [1.82, 2.24) is 0 Å². The van der Waals surface area contributed by atoms with Gasteiger partial charge >= 0.3 is 0 Å². The lowest BCUT2D eigenvalue weighted by atomic mass is 10.0. The maximum atomic E-state index is 6.32. The molecule has 0 saturated heterocycles. The lowest BCUT2D eigenvalue weighted by Gasteiger charge is -2.11. The van der Waals surface area contributed by atoms with Gasteiger partial charge in [-0.25, -0.2) is 4.99 Å². The molecule has 1 aromatic heterocycles. The number of aryl methyl sites for hydroxylation is 2. The van der Waals surface area contributed by atoms with Gasteiger partial charge in [-0.3, -0.25) is 0 Å². The van der Waals surface area contributed by atoms with Crippen LogP contribution in [0.2, 0.25) is 0 Å². The van der Waals surface area contributed by atoms with E-state index in [2.05, 4.69) is 19.9 Å². The summed E-state index contributed by atoms with van der Waals surface area (Å²) in [6, 6.07) is 19.6. The van der Waals surface area contributed by atoms with Crippen LogP contribution in [0.25, 0.3) is 22.3 Å². The van der Waals surface area contributed by atoms with Crippen LogP contribution in [0.5, 0.6) is 17.2 Å². The van der Waals surface area contributed by atoms with E-state index in [4.69, 9.17) is 23.6 Å². The van der Waals surface area contributed by atoms with Crippen LogP contribution in [-0.4, -0.2) is 21.3 Å². The normalized spacial score (nSPS) is 11.6. The van der Waals surface area contributed by atoms with E-state index in [1.54, 1.807) is 21.3 Å². The highest BCUT2D eigenvalue weighted by atomic mass is 16.5. The van der Waals surface area contributed by atoms with Crippen LogP contribution in [0.1, 0.15) is 11.1 Å². The zero-order chi connectivity index (χ0) is 22.0. The summed E-state index contributed by atoms with van der Waals surface area (Å²) in [5, 5.41) is 1.81. The Kier molecular flexibility index (Phi) is 5.67. The van der Waals surface area contributed by atoms with Gasteiger partial charge in [0.05, 0.1) is 32.4 Å². The monoisotopic (exact) mass is 415 g/mol. The van der Waals surface area contributed by atoms with Crippen LogP contribution < -0.4 is 19.6 Å². The fourth-order valence-electron chi connectivity index (χ4n) is 3.72. The van der Waals surface area contributed by atoms with Crippen LogP contribution in [0, 0.1) is 13.8 Å². The van der Waals surface area contributed by atoms with Gasteiger partial charge in [0, 0.05) is 23.1 Å². The SMILES string of the molecule is COc1cccc(N=c2cc(-c3ccc(OC)c(OC)c3)oc3cc(C)cc(C)c23)c1. The minimum atomic E-state index is 0.641. The van der Waals surface area contributed by atoms with Gasteiger partial charge in [0.15, 0.2) is 11.5 Å². The average molecular weight is 415 g/mol. The molecule has 0 unspecified atom stereocenters. The molecule has 3 aromatic carbocycles. The van der Waals surface area contributed by atoms with Crippen LogP contribution >= 0.6 is 0 Å². The summed E-state index contributed by atoms with van der Waals surface area (Å²) >= 11 is 0. The Morgan fingerprint density at radius 1 is 0.774 bits per heavy atom. The molecular weight excluding hydrogens is 390 g/mol. The topological polar surface area (TPSA) is 53.2 Å². The molecule has 0 amide bonds. The van der Waals surface area contributed by atoms with E-state index in [1.165, 1.54) is 0 Å². The summed E-state index contributed by atoms with van der Waals surface area (Å²) in [7, 11) is 4.89. The van der Waals surface area contributed by atoms with E-state index in [0.29, 0.717) is 17.3 Å². The zero-order valence-corrected chi connectivity index (χ0v) is 18.4. The standard InChI is InChI=1S/C26H25NO4/c1-16-11-17(2)26-21(27-19-7-6-8-20(14-19)28-3)15-23(31-25(26)12-16)18-9-10-22(29-4)24(13-18)30-5/h6-15H,1-5H3. The quantitative estimate of drug-likeness (QED) is 0.403. The van der Waals surface area contributed by atoms with E-state index in [0.717, 1.165) is 44.5 Å². The number of hydrogen-bond donors (Lipinski definition) is 0. The number of rotatable bonds is 5. The Bertz CT molecular complexity index is 1320. The van der Waals surface area contributed by atoms with Gasteiger partial charge in [0.25, 0.3) is 0 Å². The molecule has 0 bridgehead atoms. The van der Waals surface area contributed by atoms with Crippen molar-refractivity contribution >= 4 is 16.7 Å². The Hall–Kier alpha value is -3.73. The number of methoxy groups -OCH3 is 3. The highest BCUT2D eigenvalue weighted by Crippen LogP contribution is 2.33. The lowest BCUT2D eigenvalue weighted by molar-refractivity contribution is 0.355. The van der Waals surface area contributed by atoms with Gasteiger partial charge in [0.1, 0.15) is 17.1 Å². The fraction of sp³-hybridized carbons (Fsp3) is 0.192. The summed E-state index contributed by atoms with van der Waals surface area (Å²) in [5.41, 5.74) is 4.71. The molecule has 0 aliphatic rings. The Balaban J connectivity index is 2.00. The van der Waals surface area contributed by atoms with Crippen LogP contribution in [-0.2, 0) is 0 Å². The van der Waals surface area contributed by atoms with Crippen LogP contribution in [0.4, 0.5) is 5.69 Å². The number of fused-ring (bicyclic) bond motifs is 1. The summed E-state index contributed by atoms with van der Waals surface area (Å²) < 4.78 is 22.5. The average Bonchev–Trinajstić information content (AvgIpc) is 2.78. The third-order valence-corrected chi connectivity index (χ3v) is 5.16.